The predicted octanol–water partition coefficient (Wildman–Crippen LogP) is 4.94. The van der Waals surface area contributed by atoms with Crippen LogP contribution in [-0.2, 0) is 10.2 Å². The summed E-state index contributed by atoms with van der Waals surface area (Å²) in [4.78, 5) is 12.9. The Morgan fingerprint density at radius 2 is 1.39 bits per heavy atom. The van der Waals surface area contributed by atoms with E-state index in [1.54, 1.807) is 12.1 Å². The van der Waals surface area contributed by atoms with Gasteiger partial charge in [-0.05, 0) is 35.2 Å². The Bertz CT molecular complexity index is 945. The summed E-state index contributed by atoms with van der Waals surface area (Å²) in [5.74, 6) is -0.175. The fraction of sp³-hybridized carbons (Fsp3) is 0.125. The minimum Gasteiger partial charge on any atom is -0.299 e. The molecule has 0 heterocycles. The first-order valence-electron chi connectivity index (χ1n) is 9.23. The number of hydrogen-bond donors (Lipinski definition) is 2. The van der Waals surface area contributed by atoms with Gasteiger partial charge in [-0.3, -0.25) is 15.6 Å². The number of carbonyl (C=O) groups excluding carboxylic acids is 1. The summed E-state index contributed by atoms with van der Waals surface area (Å²) in [7, 11) is 0. The SMILES string of the molecule is C=C(NNC(=O)[C@@H]1CC1(c1ccccc1)c1ccccc1)c1ccc(Cl)cc1. The fourth-order valence-corrected chi connectivity index (χ4v) is 3.93. The van der Waals surface area contributed by atoms with Gasteiger partial charge in [0, 0.05) is 10.4 Å². The van der Waals surface area contributed by atoms with Crippen LogP contribution in [-0.4, -0.2) is 5.91 Å². The van der Waals surface area contributed by atoms with Crippen molar-refractivity contribution in [1.29, 1.82) is 0 Å². The average molecular weight is 389 g/mol. The summed E-state index contributed by atoms with van der Waals surface area (Å²) in [6.07, 6.45) is 0.780. The molecule has 3 nitrogen and oxygen atoms in total. The van der Waals surface area contributed by atoms with E-state index in [-0.39, 0.29) is 17.2 Å². The lowest BCUT2D eigenvalue weighted by molar-refractivity contribution is -0.123. The molecule has 0 bridgehead atoms. The molecule has 1 amide bonds. The maximum atomic E-state index is 12.9. The third kappa shape index (κ3) is 3.41. The zero-order chi connectivity index (χ0) is 19.6. The van der Waals surface area contributed by atoms with Crippen molar-refractivity contribution in [3.8, 4) is 0 Å². The first-order chi connectivity index (χ1) is 13.6. The van der Waals surface area contributed by atoms with Gasteiger partial charge in [-0.15, -0.1) is 0 Å². The molecule has 1 atom stereocenters. The Morgan fingerprint density at radius 3 is 1.93 bits per heavy atom. The van der Waals surface area contributed by atoms with Crippen LogP contribution in [0.1, 0.15) is 23.1 Å². The number of nitrogens with one attached hydrogen (secondary N) is 2. The van der Waals surface area contributed by atoms with Gasteiger partial charge in [0.1, 0.15) is 0 Å². The number of amides is 1. The van der Waals surface area contributed by atoms with Gasteiger partial charge in [-0.25, -0.2) is 0 Å². The Morgan fingerprint density at radius 1 is 0.857 bits per heavy atom. The van der Waals surface area contributed by atoms with Crippen LogP contribution in [0.3, 0.4) is 0 Å². The summed E-state index contributed by atoms with van der Waals surface area (Å²) in [5, 5.41) is 0.661. The number of halogens is 1. The van der Waals surface area contributed by atoms with Crippen molar-refractivity contribution in [1.82, 2.24) is 10.9 Å². The van der Waals surface area contributed by atoms with Gasteiger partial charge < -0.3 is 0 Å². The standard InChI is InChI=1S/C24H21ClN2O/c1-17(18-12-14-21(25)15-13-18)26-27-23(28)22-16-24(22,19-8-4-2-5-9-19)20-10-6-3-7-11-20/h2-15,22,26H,1,16H2,(H,27,28)/t22-/m0/s1. The molecule has 1 aliphatic rings. The van der Waals surface area contributed by atoms with Crippen LogP contribution in [0.25, 0.3) is 5.70 Å². The second kappa shape index (κ2) is 7.53. The van der Waals surface area contributed by atoms with Gasteiger partial charge in [-0.1, -0.05) is 91.0 Å². The summed E-state index contributed by atoms with van der Waals surface area (Å²) in [6.45, 7) is 3.99. The van der Waals surface area contributed by atoms with Gasteiger partial charge in [-0.2, -0.15) is 0 Å². The molecule has 0 aromatic heterocycles. The molecular weight excluding hydrogens is 368 g/mol. The highest BCUT2D eigenvalue weighted by Gasteiger charge is 2.60. The second-order valence-electron chi connectivity index (χ2n) is 7.06. The fourth-order valence-electron chi connectivity index (χ4n) is 3.80. The first kappa shape index (κ1) is 18.3. The van der Waals surface area contributed by atoms with Crippen molar-refractivity contribution in [2.75, 3.05) is 0 Å². The maximum Gasteiger partial charge on any atom is 0.242 e. The Hall–Kier alpha value is -3.04. The molecule has 0 spiro atoms. The predicted molar refractivity (Wildman–Crippen MR) is 114 cm³/mol. The topological polar surface area (TPSA) is 41.1 Å². The van der Waals surface area contributed by atoms with Crippen LogP contribution in [0.5, 0.6) is 0 Å². The number of hydrogen-bond acceptors (Lipinski definition) is 2. The summed E-state index contributed by atoms with van der Waals surface area (Å²) >= 11 is 5.92. The molecule has 140 valence electrons. The summed E-state index contributed by atoms with van der Waals surface area (Å²) in [5.41, 5.74) is 9.31. The van der Waals surface area contributed by atoms with Crippen molar-refractivity contribution in [3.05, 3.63) is 113 Å². The minimum absolute atomic E-state index is 0.0391. The molecule has 3 aromatic rings. The third-order valence-electron chi connectivity index (χ3n) is 5.38. The van der Waals surface area contributed by atoms with Gasteiger partial charge in [0.2, 0.25) is 5.91 Å². The summed E-state index contributed by atoms with van der Waals surface area (Å²) in [6, 6.07) is 27.8. The Labute approximate surface area is 170 Å². The van der Waals surface area contributed by atoms with Crippen LogP contribution in [0.2, 0.25) is 5.02 Å². The highest BCUT2D eigenvalue weighted by Crippen LogP contribution is 2.58. The molecule has 0 radical (unpaired) electrons. The van der Waals surface area contributed by atoms with Crippen molar-refractivity contribution >= 4 is 23.2 Å². The Balaban J connectivity index is 1.50. The van der Waals surface area contributed by atoms with Crippen molar-refractivity contribution in [3.63, 3.8) is 0 Å². The summed E-state index contributed by atoms with van der Waals surface area (Å²) < 4.78 is 0. The monoisotopic (exact) mass is 388 g/mol. The van der Waals surface area contributed by atoms with Gasteiger partial charge in [0.15, 0.2) is 0 Å². The highest BCUT2D eigenvalue weighted by molar-refractivity contribution is 6.30. The van der Waals surface area contributed by atoms with E-state index in [4.69, 9.17) is 11.6 Å². The van der Waals surface area contributed by atoms with E-state index in [2.05, 4.69) is 41.7 Å². The van der Waals surface area contributed by atoms with E-state index in [1.165, 1.54) is 0 Å². The van der Waals surface area contributed by atoms with Crippen LogP contribution >= 0.6 is 11.6 Å². The normalized spacial score (nSPS) is 16.8. The molecule has 0 unspecified atom stereocenters. The molecule has 0 saturated heterocycles. The van der Waals surface area contributed by atoms with Crippen LogP contribution in [0.4, 0.5) is 0 Å². The smallest absolute Gasteiger partial charge is 0.242 e. The molecular formula is C24H21ClN2O. The van der Waals surface area contributed by atoms with Crippen molar-refractivity contribution < 1.29 is 4.79 Å². The molecule has 4 heteroatoms. The van der Waals surface area contributed by atoms with E-state index < -0.39 is 0 Å². The van der Waals surface area contributed by atoms with Crippen LogP contribution in [0.15, 0.2) is 91.5 Å². The zero-order valence-corrected chi connectivity index (χ0v) is 16.1. The largest absolute Gasteiger partial charge is 0.299 e. The van der Waals surface area contributed by atoms with Gasteiger partial charge >= 0.3 is 0 Å². The number of rotatable bonds is 6. The lowest BCUT2D eigenvalue weighted by atomic mass is 9.85. The zero-order valence-electron chi connectivity index (χ0n) is 15.4. The molecule has 1 saturated carbocycles. The molecule has 1 fully saturated rings. The quantitative estimate of drug-likeness (QED) is 0.587. The van der Waals surface area contributed by atoms with Gasteiger partial charge in [0.25, 0.3) is 0 Å². The lowest BCUT2D eigenvalue weighted by Gasteiger charge is -2.19. The molecule has 0 aliphatic heterocycles. The number of carbonyl (C=O) groups is 1. The van der Waals surface area contributed by atoms with E-state index in [1.807, 2.05) is 48.5 Å². The first-order valence-corrected chi connectivity index (χ1v) is 9.61. The van der Waals surface area contributed by atoms with E-state index in [0.717, 1.165) is 23.1 Å². The molecule has 2 N–H and O–H groups in total. The van der Waals surface area contributed by atoms with Crippen molar-refractivity contribution in [2.24, 2.45) is 5.92 Å². The van der Waals surface area contributed by atoms with E-state index in [0.29, 0.717) is 10.7 Å². The van der Waals surface area contributed by atoms with Crippen molar-refractivity contribution in [2.45, 2.75) is 11.8 Å². The van der Waals surface area contributed by atoms with Crippen LogP contribution in [0, 0.1) is 5.92 Å². The average Bonchev–Trinajstić information content (AvgIpc) is 3.51. The second-order valence-corrected chi connectivity index (χ2v) is 7.50. The number of benzene rings is 3. The third-order valence-corrected chi connectivity index (χ3v) is 5.64. The highest BCUT2D eigenvalue weighted by atomic mass is 35.5. The number of hydrazine groups is 1. The maximum absolute atomic E-state index is 12.9. The Kier molecular flexibility index (Phi) is 4.93. The van der Waals surface area contributed by atoms with E-state index >= 15 is 0 Å². The molecule has 1 aliphatic carbocycles. The molecule has 3 aromatic carbocycles. The lowest BCUT2D eigenvalue weighted by Crippen LogP contribution is -2.38. The van der Waals surface area contributed by atoms with E-state index in [9.17, 15) is 4.79 Å². The van der Waals surface area contributed by atoms with Gasteiger partial charge in [0.05, 0.1) is 11.6 Å². The minimum atomic E-state index is -0.282. The molecule has 28 heavy (non-hydrogen) atoms. The van der Waals surface area contributed by atoms with Crippen LogP contribution < -0.4 is 10.9 Å². The molecule has 4 rings (SSSR count).